The van der Waals surface area contributed by atoms with Gasteiger partial charge in [-0.25, -0.2) is 23.2 Å². The van der Waals surface area contributed by atoms with E-state index in [0.717, 1.165) is 6.33 Å². The number of aliphatic hydroxyl groups excluding tert-OH is 4. The highest BCUT2D eigenvalue weighted by Gasteiger charge is 2.50. The maximum atomic E-state index is 12.5. The molecule has 0 bridgehead atoms. The second kappa shape index (κ2) is 13.8. The van der Waals surface area contributed by atoms with Crippen LogP contribution in [-0.2, 0) is 47.9 Å². The van der Waals surface area contributed by atoms with Crippen molar-refractivity contribution < 1.29 is 80.5 Å². The molecule has 280 valence electrons. The molecule has 6 heterocycles. The van der Waals surface area contributed by atoms with Crippen molar-refractivity contribution in [1.29, 1.82) is 0 Å². The Kier molecular flexibility index (Phi) is 10.2. The number of ether oxygens (including phenoxy) is 2. The Bertz CT molecular complexity index is 2230. The van der Waals surface area contributed by atoms with E-state index in [0.29, 0.717) is 0 Å². The molecule has 2 aliphatic heterocycles. The fourth-order valence-corrected chi connectivity index (χ4v) is 9.13. The molecule has 0 spiro atoms. The van der Waals surface area contributed by atoms with E-state index in [9.17, 15) is 53.6 Å². The molecule has 51 heavy (non-hydrogen) atoms. The molecular formula is C21H29N9O17P3S+. The van der Waals surface area contributed by atoms with Crippen LogP contribution in [0.2, 0.25) is 0 Å². The summed E-state index contributed by atoms with van der Waals surface area (Å²) in [4.78, 5) is 59.2. The largest absolute Gasteiger partial charge is 0.490 e. The zero-order valence-electron chi connectivity index (χ0n) is 25.5. The molecule has 4 aromatic rings. The molecule has 5 unspecified atom stereocenters. The molecule has 0 aliphatic carbocycles. The number of hydrogen-bond donors (Lipinski definition) is 10. The lowest BCUT2D eigenvalue weighted by Crippen LogP contribution is -2.34. The summed E-state index contributed by atoms with van der Waals surface area (Å²) in [5.74, 6) is -0.0978. The molecule has 4 aromatic heterocycles. The molecule has 2 aliphatic rings. The Labute approximate surface area is 287 Å². The molecule has 2 fully saturated rings. The van der Waals surface area contributed by atoms with Gasteiger partial charge in [0.15, 0.2) is 11.9 Å². The smallest absolute Gasteiger partial charge is 0.387 e. The maximum absolute atomic E-state index is 12.5. The standard InChI is InChI=1S/C21H28N9O17P3S/c1-28-6-30(16-10(28)17(35)24-4-23-16)20-14(34)12(32)8(45-20)3-43-49(38,39)47-50(40,41)46-48(36,37)42-2-7-11(31)13(33)19(44-7)29-5-25-9-15(29)26-21(22)27-18(9)51/h4-8,11-14,19-20,31-34H,2-3H2,1H3,(H6-,22,23,24,26,27,35,36,37,38,39,40,41,51)/p+1/t7-,8-,11?,12?,13+,14+,19-,20-/m1/s1. The van der Waals surface area contributed by atoms with Crippen molar-refractivity contribution in [3.05, 3.63) is 34.0 Å². The van der Waals surface area contributed by atoms with Gasteiger partial charge in [0.2, 0.25) is 18.5 Å². The highest BCUT2D eigenvalue weighted by Crippen LogP contribution is 2.67. The average molecular weight is 804 g/mol. The lowest BCUT2D eigenvalue weighted by atomic mass is 10.1. The first-order valence-electron chi connectivity index (χ1n) is 14.2. The highest BCUT2D eigenvalue weighted by atomic mass is 32.1. The number of phosphoric acid groups is 3. The van der Waals surface area contributed by atoms with Crippen molar-refractivity contribution in [2.24, 2.45) is 7.05 Å². The van der Waals surface area contributed by atoms with Gasteiger partial charge in [-0.2, -0.15) is 23.2 Å². The summed E-state index contributed by atoms with van der Waals surface area (Å²) in [6, 6.07) is 0. The van der Waals surface area contributed by atoms with E-state index >= 15 is 0 Å². The highest BCUT2D eigenvalue weighted by molar-refractivity contribution is 7.71. The van der Waals surface area contributed by atoms with Crippen LogP contribution in [0.5, 0.6) is 0 Å². The van der Waals surface area contributed by atoms with E-state index in [1.807, 2.05) is 0 Å². The number of phosphoric ester groups is 2. The molecule has 30 heteroatoms. The van der Waals surface area contributed by atoms with Crippen LogP contribution >= 0.6 is 35.7 Å². The van der Waals surface area contributed by atoms with E-state index in [2.05, 4.69) is 42.6 Å². The number of nitrogens with two attached hydrogens (primary N) is 1. The van der Waals surface area contributed by atoms with E-state index in [4.69, 9.17) is 27.4 Å². The summed E-state index contributed by atoms with van der Waals surface area (Å²) >= 11 is 5.12. The van der Waals surface area contributed by atoms with Crippen LogP contribution in [0.3, 0.4) is 0 Å². The van der Waals surface area contributed by atoms with Gasteiger partial charge in [0.25, 0.3) is 11.2 Å². The number of fused-ring (bicyclic) bond motifs is 2. The summed E-state index contributed by atoms with van der Waals surface area (Å²) in [6.07, 6.45) is -9.23. The number of anilines is 1. The summed E-state index contributed by atoms with van der Waals surface area (Å²) in [6.45, 7) is -2.09. The summed E-state index contributed by atoms with van der Waals surface area (Å²) in [5.41, 5.74) is 5.52. The third kappa shape index (κ3) is 7.62. The topological polar surface area (TPSA) is 375 Å². The number of aryl methyl sites for hydroxylation is 1. The van der Waals surface area contributed by atoms with E-state index < -0.39 is 91.3 Å². The zero-order chi connectivity index (χ0) is 37.2. The monoisotopic (exact) mass is 804 g/mol. The molecule has 2 saturated heterocycles. The van der Waals surface area contributed by atoms with Crippen LogP contribution in [0.4, 0.5) is 5.95 Å². The first kappa shape index (κ1) is 37.8. The lowest BCUT2D eigenvalue weighted by molar-refractivity contribution is -0.646. The number of aliphatic hydroxyl groups is 4. The lowest BCUT2D eigenvalue weighted by Gasteiger charge is -2.21. The van der Waals surface area contributed by atoms with Crippen LogP contribution < -0.4 is 15.9 Å². The predicted molar refractivity (Wildman–Crippen MR) is 164 cm³/mol. The number of hydrogen-bond acceptors (Lipinski definition) is 19. The first-order valence-corrected chi connectivity index (χ1v) is 19.1. The van der Waals surface area contributed by atoms with Gasteiger partial charge in [-0.15, -0.1) is 0 Å². The first-order chi connectivity index (χ1) is 23.8. The zero-order valence-corrected chi connectivity index (χ0v) is 29.0. The van der Waals surface area contributed by atoms with Crippen molar-refractivity contribution >= 4 is 64.0 Å². The second-order valence-corrected chi connectivity index (χ2v) is 16.1. The Morgan fingerprint density at radius 3 is 2.02 bits per heavy atom. The maximum Gasteiger partial charge on any atom is 0.490 e. The molecular weight excluding hydrogens is 775 g/mol. The van der Waals surface area contributed by atoms with Crippen molar-refractivity contribution in [3.63, 3.8) is 0 Å². The molecule has 0 radical (unpaired) electrons. The van der Waals surface area contributed by atoms with E-state index in [-0.39, 0.29) is 32.9 Å². The molecule has 26 nitrogen and oxygen atoms in total. The fourth-order valence-electron chi connectivity index (χ4n) is 5.36. The van der Waals surface area contributed by atoms with Gasteiger partial charge in [-0.3, -0.25) is 18.4 Å². The third-order valence-corrected chi connectivity index (χ3v) is 12.1. The van der Waals surface area contributed by atoms with Crippen LogP contribution in [0.1, 0.15) is 12.5 Å². The minimum atomic E-state index is -5.97. The number of nitrogen functional groups attached to an aromatic ring is 1. The Morgan fingerprint density at radius 1 is 0.902 bits per heavy atom. The fraction of sp³-hybridized carbons (Fsp3) is 0.524. The SMILES string of the molecule is C[n+]1cn([C@@H]2O[C@H](COP(=O)(O)OP(=O)(O)OP(=O)(O)OC[C@H]3O[C@@H](n4cnc5c(=S)[nH]c(N)nc54)[C@@H](O)C3O)C(O)[C@@H]2O)c2nc[nH]c(=O)c21. The molecule has 0 saturated carbocycles. The van der Waals surface area contributed by atoms with Crippen LogP contribution in [-0.4, -0.2) is 119 Å². The van der Waals surface area contributed by atoms with Gasteiger partial charge in [0.1, 0.15) is 46.8 Å². The van der Waals surface area contributed by atoms with Crippen LogP contribution in [0.15, 0.2) is 23.8 Å². The van der Waals surface area contributed by atoms with Crippen molar-refractivity contribution in [2.45, 2.75) is 49.1 Å². The van der Waals surface area contributed by atoms with Crippen molar-refractivity contribution in [1.82, 2.24) is 34.1 Å². The number of aromatic nitrogens is 8. The molecule has 0 aromatic carbocycles. The van der Waals surface area contributed by atoms with Crippen LogP contribution in [0, 0.1) is 4.64 Å². The predicted octanol–water partition coefficient (Wildman–Crippen LogP) is -2.76. The molecule has 6 rings (SSSR count). The van der Waals surface area contributed by atoms with Crippen LogP contribution in [0.25, 0.3) is 22.3 Å². The Balaban J connectivity index is 1.04. The quantitative estimate of drug-likeness (QED) is 0.0394. The molecule has 0 amide bonds. The van der Waals surface area contributed by atoms with E-state index in [1.165, 1.54) is 33.4 Å². The van der Waals surface area contributed by atoms with E-state index in [1.54, 1.807) is 0 Å². The minimum absolute atomic E-state index is 0.0502. The Morgan fingerprint density at radius 2 is 1.45 bits per heavy atom. The number of nitrogens with zero attached hydrogens (tertiary/aromatic N) is 6. The summed E-state index contributed by atoms with van der Waals surface area (Å²) in [5, 5.41) is 42.1. The normalized spacial score (nSPS) is 30.4. The number of nitrogens with one attached hydrogen (secondary N) is 2. The van der Waals surface area contributed by atoms with Gasteiger partial charge < -0.3 is 60.3 Å². The third-order valence-electron chi connectivity index (χ3n) is 7.59. The number of aromatic amines is 2. The summed E-state index contributed by atoms with van der Waals surface area (Å²) in [7, 11) is -15.8. The van der Waals surface area contributed by atoms with Gasteiger partial charge >= 0.3 is 29.0 Å². The number of H-pyrrole nitrogens is 2. The van der Waals surface area contributed by atoms with Crippen molar-refractivity contribution in [2.75, 3.05) is 18.9 Å². The Hall–Kier alpha value is -2.91. The molecule has 11 atom stereocenters. The molecule has 11 N–H and O–H groups in total. The van der Waals surface area contributed by atoms with Gasteiger partial charge in [-0.05, 0) is 0 Å². The second-order valence-electron chi connectivity index (χ2n) is 11.1. The van der Waals surface area contributed by atoms with Gasteiger partial charge in [0.05, 0.1) is 32.9 Å². The number of imidazole rings is 2. The van der Waals surface area contributed by atoms with Crippen molar-refractivity contribution in [3.8, 4) is 0 Å². The minimum Gasteiger partial charge on any atom is -0.387 e. The average Bonchev–Trinajstić information content (AvgIpc) is 3.74. The van der Waals surface area contributed by atoms with Gasteiger partial charge in [-0.1, -0.05) is 12.2 Å². The number of rotatable bonds is 12. The van der Waals surface area contributed by atoms with Gasteiger partial charge in [0, 0.05) is 0 Å². The summed E-state index contributed by atoms with van der Waals surface area (Å²) < 4.78 is 69.6.